The molecule has 1 saturated carbocycles. The quantitative estimate of drug-likeness (QED) is 0.584. The van der Waals surface area contributed by atoms with E-state index in [4.69, 9.17) is 9.31 Å². The first-order valence-electron chi connectivity index (χ1n) is 10.1. The van der Waals surface area contributed by atoms with E-state index in [-0.39, 0.29) is 17.0 Å². The van der Waals surface area contributed by atoms with Gasteiger partial charge in [0.05, 0.1) is 17.6 Å². The SMILES string of the molecule is Cc1cc(B2OC(C)(C)C(C)(C)O2)ccc1C(=O)Cc1cc(C2CC2)ccn1. The predicted octanol–water partition coefficient (Wildman–Crippen LogP) is 3.99. The lowest BCUT2D eigenvalue weighted by atomic mass is 9.77. The molecule has 28 heavy (non-hydrogen) atoms. The number of benzene rings is 1. The Morgan fingerprint density at radius 3 is 2.39 bits per heavy atom. The molecule has 2 fully saturated rings. The minimum atomic E-state index is -0.412. The van der Waals surface area contributed by atoms with Crippen LogP contribution in [0.4, 0.5) is 0 Å². The molecule has 0 N–H and O–H groups in total. The van der Waals surface area contributed by atoms with Gasteiger partial charge in [-0.15, -0.1) is 0 Å². The first-order valence-corrected chi connectivity index (χ1v) is 10.1. The zero-order valence-electron chi connectivity index (χ0n) is 17.4. The molecule has 0 amide bonds. The van der Waals surface area contributed by atoms with Gasteiger partial charge in [0, 0.05) is 17.5 Å². The monoisotopic (exact) mass is 377 g/mol. The molecule has 4 nitrogen and oxygen atoms in total. The van der Waals surface area contributed by atoms with Crippen molar-refractivity contribution in [2.45, 2.75) is 71.0 Å². The Kier molecular flexibility index (Phi) is 4.71. The maximum Gasteiger partial charge on any atom is 0.494 e. The molecule has 0 bridgehead atoms. The Bertz CT molecular complexity index is 902. The number of hydrogen-bond acceptors (Lipinski definition) is 4. The van der Waals surface area contributed by atoms with Gasteiger partial charge in [-0.1, -0.05) is 18.2 Å². The molecule has 1 aliphatic carbocycles. The smallest absolute Gasteiger partial charge is 0.399 e. The summed E-state index contributed by atoms with van der Waals surface area (Å²) in [7, 11) is -0.412. The molecular formula is C23H28BNO3. The van der Waals surface area contributed by atoms with E-state index in [1.54, 1.807) is 0 Å². The molecule has 4 rings (SSSR count). The van der Waals surface area contributed by atoms with E-state index >= 15 is 0 Å². The minimum absolute atomic E-state index is 0.0958. The number of nitrogens with zero attached hydrogens (tertiary/aromatic N) is 1. The van der Waals surface area contributed by atoms with Gasteiger partial charge in [0.25, 0.3) is 0 Å². The van der Waals surface area contributed by atoms with Gasteiger partial charge in [0.15, 0.2) is 5.78 Å². The van der Waals surface area contributed by atoms with Gasteiger partial charge in [-0.3, -0.25) is 9.78 Å². The van der Waals surface area contributed by atoms with Crippen LogP contribution in [0.1, 0.15) is 73.6 Å². The fourth-order valence-electron chi connectivity index (χ4n) is 3.65. The molecular weight excluding hydrogens is 349 g/mol. The number of ketones is 1. The summed E-state index contributed by atoms with van der Waals surface area (Å²) in [6, 6.07) is 9.99. The molecule has 0 spiro atoms. The zero-order valence-corrected chi connectivity index (χ0v) is 17.4. The molecule has 0 unspecified atom stereocenters. The number of pyridine rings is 1. The zero-order chi connectivity index (χ0) is 20.1. The first-order chi connectivity index (χ1) is 13.2. The van der Waals surface area contributed by atoms with Crippen molar-refractivity contribution >= 4 is 18.4 Å². The van der Waals surface area contributed by atoms with Gasteiger partial charge in [-0.2, -0.15) is 0 Å². The second-order valence-electron chi connectivity index (χ2n) is 9.12. The average molecular weight is 377 g/mol. The summed E-state index contributed by atoms with van der Waals surface area (Å²) in [6.45, 7) is 10.1. The summed E-state index contributed by atoms with van der Waals surface area (Å²) < 4.78 is 12.3. The summed E-state index contributed by atoms with van der Waals surface area (Å²) in [5.41, 5.74) is 4.03. The number of carbonyl (C=O) groups excluding carboxylic acids is 1. The summed E-state index contributed by atoms with van der Waals surface area (Å²) in [4.78, 5) is 17.3. The van der Waals surface area contributed by atoms with Crippen molar-refractivity contribution in [2.75, 3.05) is 0 Å². The summed E-state index contributed by atoms with van der Waals surface area (Å²) in [6.07, 6.45) is 4.65. The molecule has 1 aromatic heterocycles. The largest absolute Gasteiger partial charge is 0.494 e. The predicted molar refractivity (Wildman–Crippen MR) is 111 cm³/mol. The van der Waals surface area contributed by atoms with E-state index in [2.05, 4.69) is 17.1 Å². The van der Waals surface area contributed by atoms with Crippen LogP contribution in [-0.4, -0.2) is 29.1 Å². The number of carbonyl (C=O) groups is 1. The van der Waals surface area contributed by atoms with Crippen LogP contribution in [0.2, 0.25) is 0 Å². The third-order valence-corrected chi connectivity index (χ3v) is 6.31. The van der Waals surface area contributed by atoms with E-state index in [0.717, 1.165) is 22.3 Å². The molecule has 146 valence electrons. The molecule has 2 heterocycles. The Hall–Kier alpha value is -1.98. The van der Waals surface area contributed by atoms with E-state index in [0.29, 0.717) is 12.3 Å². The van der Waals surface area contributed by atoms with Crippen molar-refractivity contribution in [3.05, 3.63) is 58.9 Å². The Balaban J connectivity index is 1.50. The van der Waals surface area contributed by atoms with E-state index in [1.165, 1.54) is 18.4 Å². The van der Waals surface area contributed by atoms with E-state index < -0.39 is 7.12 Å². The van der Waals surface area contributed by atoms with Gasteiger partial charge in [-0.25, -0.2) is 0 Å². The normalized spacial score (nSPS) is 20.4. The van der Waals surface area contributed by atoms with Gasteiger partial charge in [0.2, 0.25) is 0 Å². The van der Waals surface area contributed by atoms with E-state index in [9.17, 15) is 4.79 Å². The van der Waals surface area contributed by atoms with Crippen LogP contribution in [0.15, 0.2) is 36.5 Å². The van der Waals surface area contributed by atoms with Crippen molar-refractivity contribution in [3.63, 3.8) is 0 Å². The molecule has 1 aromatic carbocycles. The highest BCUT2D eigenvalue weighted by Crippen LogP contribution is 2.40. The maximum absolute atomic E-state index is 12.9. The van der Waals surface area contributed by atoms with Crippen LogP contribution < -0.4 is 5.46 Å². The summed E-state index contributed by atoms with van der Waals surface area (Å²) in [5, 5.41) is 0. The first kappa shape index (κ1) is 19.3. The van der Waals surface area contributed by atoms with Gasteiger partial charge in [0.1, 0.15) is 0 Å². The van der Waals surface area contributed by atoms with Crippen LogP contribution in [0.3, 0.4) is 0 Å². The third kappa shape index (κ3) is 3.66. The molecule has 2 aromatic rings. The van der Waals surface area contributed by atoms with Crippen LogP contribution in [-0.2, 0) is 15.7 Å². The van der Waals surface area contributed by atoms with Crippen LogP contribution >= 0.6 is 0 Å². The molecule has 2 aliphatic rings. The van der Waals surface area contributed by atoms with E-state index in [1.807, 2.05) is 59.0 Å². The lowest BCUT2D eigenvalue weighted by Crippen LogP contribution is -2.41. The highest BCUT2D eigenvalue weighted by molar-refractivity contribution is 6.62. The Morgan fingerprint density at radius 2 is 1.79 bits per heavy atom. The Morgan fingerprint density at radius 1 is 1.11 bits per heavy atom. The number of aromatic nitrogens is 1. The second kappa shape index (κ2) is 6.82. The fourth-order valence-corrected chi connectivity index (χ4v) is 3.65. The van der Waals surface area contributed by atoms with Gasteiger partial charge in [-0.05, 0) is 82.1 Å². The van der Waals surface area contributed by atoms with Crippen molar-refractivity contribution in [2.24, 2.45) is 0 Å². The van der Waals surface area contributed by atoms with Crippen molar-refractivity contribution in [1.82, 2.24) is 4.98 Å². The lowest BCUT2D eigenvalue weighted by Gasteiger charge is -2.32. The minimum Gasteiger partial charge on any atom is -0.399 e. The Labute approximate surface area is 167 Å². The van der Waals surface area contributed by atoms with Gasteiger partial charge < -0.3 is 9.31 Å². The van der Waals surface area contributed by atoms with Crippen LogP contribution in [0.25, 0.3) is 0 Å². The average Bonchev–Trinajstić information content (AvgIpc) is 3.42. The number of rotatable bonds is 5. The molecule has 0 radical (unpaired) electrons. The lowest BCUT2D eigenvalue weighted by molar-refractivity contribution is 0.00578. The summed E-state index contributed by atoms with van der Waals surface area (Å²) in [5.74, 6) is 0.760. The second-order valence-corrected chi connectivity index (χ2v) is 9.12. The molecule has 1 aliphatic heterocycles. The maximum atomic E-state index is 12.9. The van der Waals surface area contributed by atoms with Gasteiger partial charge >= 0.3 is 7.12 Å². The molecule has 0 atom stereocenters. The number of Topliss-reactive ketones (excluding diaryl/α,β-unsaturated/α-hetero) is 1. The topological polar surface area (TPSA) is 48.4 Å². The number of hydrogen-bond donors (Lipinski definition) is 0. The van der Waals surface area contributed by atoms with Crippen molar-refractivity contribution in [1.29, 1.82) is 0 Å². The highest BCUT2D eigenvalue weighted by atomic mass is 16.7. The van der Waals surface area contributed by atoms with Crippen LogP contribution in [0.5, 0.6) is 0 Å². The standard InChI is InChI=1S/C23H28BNO3/c1-15-12-18(24-27-22(2,3)23(4,5)28-24)8-9-20(15)21(26)14-19-13-17(10-11-25-19)16-6-7-16/h8-13,16H,6-7,14H2,1-5H3. The van der Waals surface area contributed by atoms with Crippen LogP contribution in [0, 0.1) is 6.92 Å². The van der Waals surface area contributed by atoms with Crippen molar-refractivity contribution in [3.8, 4) is 0 Å². The fraction of sp³-hybridized carbons (Fsp3) is 0.478. The molecule has 5 heteroatoms. The van der Waals surface area contributed by atoms with Crippen molar-refractivity contribution < 1.29 is 14.1 Å². The third-order valence-electron chi connectivity index (χ3n) is 6.31. The molecule has 1 saturated heterocycles. The highest BCUT2D eigenvalue weighted by Gasteiger charge is 2.51. The summed E-state index contributed by atoms with van der Waals surface area (Å²) >= 11 is 0. The number of aryl methyl sites for hydroxylation is 1.